The van der Waals surface area contributed by atoms with Gasteiger partial charge in [0.05, 0.1) is 19.3 Å². The zero-order valence-electron chi connectivity index (χ0n) is 16.7. The Bertz CT molecular complexity index is 1080. The molecule has 7 nitrogen and oxygen atoms in total. The molecule has 0 bridgehead atoms. The minimum absolute atomic E-state index is 0.262. The molecule has 1 aliphatic carbocycles. The fourth-order valence-corrected chi connectivity index (χ4v) is 4.21. The molecule has 2 aromatic heterocycles. The number of ether oxygens (including phenoxy) is 1. The third kappa shape index (κ3) is 3.43. The summed E-state index contributed by atoms with van der Waals surface area (Å²) >= 11 is 0. The van der Waals surface area contributed by atoms with Crippen molar-refractivity contribution in [2.24, 2.45) is 23.5 Å². The normalized spacial score (nSPS) is 24.0. The average molecular weight is 404 g/mol. The summed E-state index contributed by atoms with van der Waals surface area (Å²) in [6.07, 6.45) is 2.74. The van der Waals surface area contributed by atoms with Crippen LogP contribution in [0.1, 0.15) is 36.2 Å². The van der Waals surface area contributed by atoms with Crippen LogP contribution in [0.4, 0.5) is 0 Å². The maximum absolute atomic E-state index is 9.94. The molecule has 2 aliphatic rings. The second-order valence-corrected chi connectivity index (χ2v) is 7.97. The number of hydrogen-bond donors (Lipinski definition) is 2. The van der Waals surface area contributed by atoms with Gasteiger partial charge in [-0.25, -0.2) is 4.98 Å². The predicted octanol–water partition coefficient (Wildman–Crippen LogP) is 2.38. The number of benzene rings is 1. The first-order valence-electron chi connectivity index (χ1n) is 10.2. The highest BCUT2D eigenvalue weighted by atomic mass is 16.5. The van der Waals surface area contributed by atoms with E-state index in [0.29, 0.717) is 41.6 Å². The fraction of sp³-hybridized carbons (Fsp3) is 0.391. The van der Waals surface area contributed by atoms with Crippen molar-refractivity contribution in [1.82, 2.24) is 14.7 Å². The Kier molecular flexibility index (Phi) is 4.91. The van der Waals surface area contributed by atoms with Crippen LogP contribution < -0.4 is 5.73 Å². The third-order valence-corrected chi connectivity index (χ3v) is 6.01. The molecule has 1 aliphatic heterocycles. The summed E-state index contributed by atoms with van der Waals surface area (Å²) in [7, 11) is 0. The SMILES string of the molecule is C[C@H](O)c1nccn1[C@H](CN)c1cc(-c2ccc(C#CC3C4COCC34)cc2)on1. The Morgan fingerprint density at radius 3 is 2.73 bits per heavy atom. The quantitative estimate of drug-likeness (QED) is 0.634. The first-order valence-corrected chi connectivity index (χ1v) is 10.2. The summed E-state index contributed by atoms with van der Waals surface area (Å²) in [4.78, 5) is 4.22. The number of imidazole rings is 1. The van der Waals surface area contributed by atoms with Gasteiger partial charge in [0.1, 0.15) is 17.6 Å². The zero-order chi connectivity index (χ0) is 20.7. The molecule has 2 unspecified atom stereocenters. The van der Waals surface area contributed by atoms with Crippen LogP contribution in [0.5, 0.6) is 0 Å². The smallest absolute Gasteiger partial charge is 0.167 e. The standard InChI is InChI=1S/C23H24N4O3/c1-14(28)23-25-8-9-27(23)21(11-24)20-10-22(30-26-20)16-5-2-15(3-6-16)4-7-17-18-12-29-13-19(17)18/h2-3,5-6,8-10,14,17-19,21,28H,11-13,24H2,1H3/t14-,17?,18?,19?,21+/m0/s1. The molecule has 0 spiro atoms. The van der Waals surface area contributed by atoms with Crippen LogP contribution in [0, 0.1) is 29.6 Å². The maximum atomic E-state index is 9.94. The highest BCUT2D eigenvalue weighted by Crippen LogP contribution is 2.50. The van der Waals surface area contributed by atoms with E-state index in [1.54, 1.807) is 19.3 Å². The Labute approximate surface area is 174 Å². The molecule has 1 saturated carbocycles. The van der Waals surface area contributed by atoms with Crippen LogP contribution >= 0.6 is 0 Å². The van der Waals surface area contributed by atoms with Gasteiger partial charge in [0.2, 0.25) is 0 Å². The summed E-state index contributed by atoms with van der Waals surface area (Å²) in [5.41, 5.74) is 8.60. The van der Waals surface area contributed by atoms with E-state index in [4.69, 9.17) is 15.0 Å². The summed E-state index contributed by atoms with van der Waals surface area (Å²) in [6.45, 7) is 3.70. The lowest BCUT2D eigenvalue weighted by Crippen LogP contribution is -2.22. The molecule has 3 heterocycles. The highest BCUT2D eigenvalue weighted by Gasteiger charge is 2.53. The van der Waals surface area contributed by atoms with Crippen molar-refractivity contribution in [3.8, 4) is 23.2 Å². The zero-order valence-corrected chi connectivity index (χ0v) is 16.7. The third-order valence-electron chi connectivity index (χ3n) is 6.01. The number of rotatable bonds is 5. The lowest BCUT2D eigenvalue weighted by Gasteiger charge is -2.17. The number of nitrogens with zero attached hydrogens (tertiary/aromatic N) is 3. The number of nitrogens with two attached hydrogens (primary N) is 1. The van der Waals surface area contributed by atoms with E-state index in [2.05, 4.69) is 22.0 Å². The number of aromatic nitrogens is 3. The molecule has 0 radical (unpaired) electrons. The molecule has 2 fully saturated rings. The van der Waals surface area contributed by atoms with Crippen LogP contribution in [0.25, 0.3) is 11.3 Å². The van der Waals surface area contributed by atoms with Crippen molar-refractivity contribution in [3.63, 3.8) is 0 Å². The van der Waals surface area contributed by atoms with Gasteiger partial charge in [0, 0.05) is 53.9 Å². The summed E-state index contributed by atoms with van der Waals surface area (Å²) < 4.78 is 12.8. The van der Waals surface area contributed by atoms with Crippen molar-refractivity contribution >= 4 is 0 Å². The van der Waals surface area contributed by atoms with E-state index in [1.165, 1.54) is 0 Å². The first kappa shape index (κ1) is 19.1. The van der Waals surface area contributed by atoms with Gasteiger partial charge in [0.15, 0.2) is 5.76 Å². The fourth-order valence-electron chi connectivity index (χ4n) is 4.21. The van der Waals surface area contributed by atoms with Crippen molar-refractivity contribution in [2.75, 3.05) is 19.8 Å². The Balaban J connectivity index is 1.32. The Hall–Kier alpha value is -2.92. The monoisotopic (exact) mass is 404 g/mol. The molecular formula is C23H24N4O3. The largest absolute Gasteiger partial charge is 0.385 e. The maximum Gasteiger partial charge on any atom is 0.167 e. The van der Waals surface area contributed by atoms with Gasteiger partial charge < -0.3 is 24.7 Å². The Morgan fingerprint density at radius 2 is 2.03 bits per heavy atom. The van der Waals surface area contributed by atoms with E-state index in [9.17, 15) is 5.11 Å². The van der Waals surface area contributed by atoms with Crippen LogP contribution in [-0.4, -0.2) is 39.6 Å². The van der Waals surface area contributed by atoms with Gasteiger partial charge >= 0.3 is 0 Å². The Morgan fingerprint density at radius 1 is 1.27 bits per heavy atom. The van der Waals surface area contributed by atoms with Crippen LogP contribution in [0.15, 0.2) is 47.2 Å². The summed E-state index contributed by atoms with van der Waals surface area (Å²) in [5.74, 6) is 9.65. The molecular weight excluding hydrogens is 380 g/mol. The predicted molar refractivity (Wildman–Crippen MR) is 110 cm³/mol. The summed E-state index contributed by atoms with van der Waals surface area (Å²) in [5, 5.41) is 14.2. The molecule has 1 saturated heterocycles. The first-order chi connectivity index (χ1) is 14.7. The van der Waals surface area contributed by atoms with Crippen molar-refractivity contribution in [1.29, 1.82) is 0 Å². The minimum Gasteiger partial charge on any atom is -0.385 e. The van der Waals surface area contributed by atoms with E-state index in [1.807, 2.05) is 34.9 Å². The van der Waals surface area contributed by atoms with Crippen molar-refractivity contribution in [3.05, 3.63) is 59.8 Å². The highest BCUT2D eigenvalue weighted by molar-refractivity contribution is 5.59. The second kappa shape index (κ2) is 7.73. The minimum atomic E-state index is -0.697. The number of aliphatic hydroxyl groups is 1. The van der Waals surface area contributed by atoms with Crippen LogP contribution in [0.2, 0.25) is 0 Å². The van der Waals surface area contributed by atoms with Gasteiger partial charge in [-0.05, 0) is 31.2 Å². The average Bonchev–Trinajstić information content (AvgIpc) is 3.29. The van der Waals surface area contributed by atoms with Gasteiger partial charge in [-0.1, -0.05) is 17.0 Å². The van der Waals surface area contributed by atoms with E-state index < -0.39 is 6.10 Å². The van der Waals surface area contributed by atoms with Crippen molar-refractivity contribution < 1.29 is 14.4 Å². The number of hydrogen-bond acceptors (Lipinski definition) is 6. The van der Waals surface area contributed by atoms with E-state index >= 15 is 0 Å². The molecule has 154 valence electrons. The van der Waals surface area contributed by atoms with Crippen LogP contribution in [-0.2, 0) is 4.74 Å². The summed E-state index contributed by atoms with van der Waals surface area (Å²) in [6, 6.07) is 9.60. The topological polar surface area (TPSA) is 99.3 Å². The van der Waals surface area contributed by atoms with E-state index in [0.717, 1.165) is 24.3 Å². The number of aliphatic hydroxyl groups excluding tert-OH is 1. The lowest BCUT2D eigenvalue weighted by atomic mass is 10.1. The molecule has 3 N–H and O–H groups in total. The molecule has 4 atom stereocenters. The van der Waals surface area contributed by atoms with Gasteiger partial charge in [-0.3, -0.25) is 0 Å². The van der Waals surface area contributed by atoms with Gasteiger partial charge in [-0.15, -0.1) is 0 Å². The molecule has 3 aromatic rings. The molecule has 5 rings (SSSR count). The van der Waals surface area contributed by atoms with E-state index in [-0.39, 0.29) is 6.04 Å². The second-order valence-electron chi connectivity index (χ2n) is 7.97. The molecule has 7 heteroatoms. The lowest BCUT2D eigenvalue weighted by molar-refractivity contribution is 0.158. The van der Waals surface area contributed by atoms with Crippen LogP contribution in [0.3, 0.4) is 0 Å². The number of fused-ring (bicyclic) bond motifs is 1. The van der Waals surface area contributed by atoms with Gasteiger partial charge in [0.25, 0.3) is 0 Å². The van der Waals surface area contributed by atoms with Gasteiger partial charge in [-0.2, -0.15) is 0 Å². The molecule has 30 heavy (non-hydrogen) atoms. The molecule has 1 aromatic carbocycles. The molecule has 0 amide bonds. The van der Waals surface area contributed by atoms with Crippen molar-refractivity contribution in [2.45, 2.75) is 19.1 Å².